The maximum Gasteiger partial charge on any atom is 0.317 e. The molecule has 0 unspecified atom stereocenters. The van der Waals surface area contributed by atoms with Crippen molar-refractivity contribution < 1.29 is 18.8 Å². The van der Waals surface area contributed by atoms with E-state index in [9.17, 15) is 4.79 Å². The van der Waals surface area contributed by atoms with Gasteiger partial charge in [-0.2, -0.15) is 0 Å². The quantitative estimate of drug-likeness (QED) is 0.879. The predicted octanol–water partition coefficient (Wildman–Crippen LogP) is 2.90. The van der Waals surface area contributed by atoms with Crippen molar-refractivity contribution in [1.29, 1.82) is 0 Å². The molecule has 0 saturated carbocycles. The van der Waals surface area contributed by atoms with Crippen LogP contribution in [-0.2, 0) is 6.54 Å². The number of aryl methyl sites for hydroxylation is 1. The van der Waals surface area contributed by atoms with Crippen molar-refractivity contribution in [2.45, 2.75) is 26.4 Å². The largest absolute Gasteiger partial charge is 0.497 e. The Bertz CT molecular complexity index is 699. The minimum Gasteiger partial charge on any atom is -0.497 e. The number of benzene rings is 1. The average molecular weight is 333 g/mol. The zero-order valence-electron chi connectivity index (χ0n) is 14.6. The second-order valence-corrected chi connectivity index (χ2v) is 5.56. The Hall–Kier alpha value is -2.70. The Morgan fingerprint density at radius 2 is 2.08 bits per heavy atom. The number of nitrogens with one attached hydrogen (secondary N) is 1. The van der Waals surface area contributed by atoms with Gasteiger partial charge >= 0.3 is 6.03 Å². The van der Waals surface area contributed by atoms with Crippen molar-refractivity contribution in [3.05, 3.63) is 41.3 Å². The zero-order chi connectivity index (χ0) is 17.7. The molecule has 1 N–H and O–H groups in total. The summed E-state index contributed by atoms with van der Waals surface area (Å²) in [5.41, 5.74) is 1.58. The first-order valence-electron chi connectivity index (χ1n) is 7.60. The Morgan fingerprint density at radius 1 is 1.33 bits per heavy atom. The molecular weight excluding hydrogens is 310 g/mol. The molecule has 0 aliphatic carbocycles. The van der Waals surface area contributed by atoms with Gasteiger partial charge in [-0.1, -0.05) is 5.16 Å². The van der Waals surface area contributed by atoms with Gasteiger partial charge < -0.3 is 24.2 Å². The molecule has 24 heavy (non-hydrogen) atoms. The smallest absolute Gasteiger partial charge is 0.317 e. The van der Waals surface area contributed by atoms with Gasteiger partial charge in [-0.05, 0) is 26.0 Å². The molecule has 0 fully saturated rings. The SMILES string of the molecule is COc1ccc([C@@H](C)NC(=O)N(C)Cc2cc(C)on2)c(OC)c1. The average Bonchev–Trinajstić information content (AvgIpc) is 2.98. The molecule has 1 heterocycles. The molecule has 0 radical (unpaired) electrons. The van der Waals surface area contributed by atoms with Gasteiger partial charge in [-0.3, -0.25) is 0 Å². The van der Waals surface area contributed by atoms with Crippen LogP contribution in [0.1, 0.15) is 30.0 Å². The lowest BCUT2D eigenvalue weighted by atomic mass is 10.1. The summed E-state index contributed by atoms with van der Waals surface area (Å²) in [5, 5.41) is 6.83. The Kier molecular flexibility index (Phi) is 5.68. The molecule has 2 aromatic rings. The van der Waals surface area contributed by atoms with Gasteiger partial charge in [0.25, 0.3) is 0 Å². The Labute approximate surface area is 141 Å². The summed E-state index contributed by atoms with van der Waals surface area (Å²) < 4.78 is 15.6. The number of urea groups is 1. The van der Waals surface area contributed by atoms with E-state index in [0.29, 0.717) is 23.7 Å². The lowest BCUT2D eigenvalue weighted by molar-refractivity contribution is 0.202. The van der Waals surface area contributed by atoms with Crippen LogP contribution in [0.25, 0.3) is 0 Å². The highest BCUT2D eigenvalue weighted by Gasteiger charge is 2.18. The number of carbonyl (C=O) groups excluding carboxylic acids is 1. The summed E-state index contributed by atoms with van der Waals surface area (Å²) in [6.45, 7) is 4.08. The monoisotopic (exact) mass is 333 g/mol. The highest BCUT2D eigenvalue weighted by molar-refractivity contribution is 5.74. The van der Waals surface area contributed by atoms with Crippen LogP contribution < -0.4 is 14.8 Å². The second-order valence-electron chi connectivity index (χ2n) is 5.56. The van der Waals surface area contributed by atoms with Crippen LogP contribution in [0, 0.1) is 6.92 Å². The van der Waals surface area contributed by atoms with Gasteiger partial charge in [0.05, 0.1) is 26.8 Å². The van der Waals surface area contributed by atoms with E-state index in [2.05, 4.69) is 10.5 Å². The van der Waals surface area contributed by atoms with Gasteiger partial charge in [0, 0.05) is 24.7 Å². The number of hydrogen-bond donors (Lipinski definition) is 1. The van der Waals surface area contributed by atoms with E-state index in [4.69, 9.17) is 14.0 Å². The fourth-order valence-corrected chi connectivity index (χ4v) is 2.36. The zero-order valence-corrected chi connectivity index (χ0v) is 14.6. The molecule has 0 aliphatic rings. The summed E-state index contributed by atoms with van der Waals surface area (Å²) in [7, 11) is 4.89. The molecule has 7 heteroatoms. The Balaban J connectivity index is 2.02. The van der Waals surface area contributed by atoms with Crippen molar-refractivity contribution >= 4 is 6.03 Å². The highest BCUT2D eigenvalue weighted by atomic mass is 16.5. The molecular formula is C17H23N3O4. The summed E-state index contributed by atoms with van der Waals surface area (Å²) in [6, 6.07) is 6.88. The molecule has 130 valence electrons. The standard InChI is InChI=1S/C17H23N3O4/c1-11-8-13(19-24-11)10-20(3)17(21)18-12(2)15-7-6-14(22-4)9-16(15)23-5/h6-9,12H,10H2,1-5H3,(H,18,21)/t12-/m1/s1. The van der Waals surface area contributed by atoms with E-state index < -0.39 is 0 Å². The number of hydrogen-bond acceptors (Lipinski definition) is 5. The number of amides is 2. The first kappa shape index (κ1) is 17.7. The van der Waals surface area contributed by atoms with Crippen molar-refractivity contribution in [3.8, 4) is 11.5 Å². The van der Waals surface area contributed by atoms with E-state index in [1.54, 1.807) is 38.3 Å². The number of ether oxygens (including phenoxy) is 2. The van der Waals surface area contributed by atoms with Crippen molar-refractivity contribution in [1.82, 2.24) is 15.4 Å². The van der Waals surface area contributed by atoms with Crippen LogP contribution in [0.5, 0.6) is 11.5 Å². The maximum atomic E-state index is 12.4. The minimum atomic E-state index is -0.222. The van der Waals surface area contributed by atoms with E-state index >= 15 is 0 Å². The number of nitrogens with zero attached hydrogens (tertiary/aromatic N) is 2. The van der Waals surface area contributed by atoms with Gasteiger partial charge in [-0.15, -0.1) is 0 Å². The van der Waals surface area contributed by atoms with Gasteiger partial charge in [0.15, 0.2) is 0 Å². The van der Waals surface area contributed by atoms with Crippen molar-refractivity contribution in [2.75, 3.05) is 21.3 Å². The van der Waals surface area contributed by atoms with E-state index in [1.807, 2.05) is 26.0 Å². The number of methoxy groups -OCH3 is 2. The van der Waals surface area contributed by atoms with Crippen LogP contribution in [0.2, 0.25) is 0 Å². The van der Waals surface area contributed by atoms with Crippen LogP contribution in [0.3, 0.4) is 0 Å². The lowest BCUT2D eigenvalue weighted by Gasteiger charge is -2.22. The summed E-state index contributed by atoms with van der Waals surface area (Å²) in [4.78, 5) is 13.9. The predicted molar refractivity (Wildman–Crippen MR) is 89.2 cm³/mol. The molecule has 7 nitrogen and oxygen atoms in total. The first-order chi connectivity index (χ1) is 11.4. The van der Waals surface area contributed by atoms with Crippen molar-refractivity contribution in [2.24, 2.45) is 0 Å². The third kappa shape index (κ3) is 4.18. The molecule has 2 rings (SSSR count). The number of carbonyl (C=O) groups is 1. The second kappa shape index (κ2) is 7.72. The molecule has 1 aromatic carbocycles. The van der Waals surface area contributed by atoms with Crippen LogP contribution in [0.4, 0.5) is 4.79 Å². The molecule has 1 atom stereocenters. The highest BCUT2D eigenvalue weighted by Crippen LogP contribution is 2.29. The molecule has 1 aromatic heterocycles. The lowest BCUT2D eigenvalue weighted by Crippen LogP contribution is -2.38. The molecule has 0 aliphatic heterocycles. The van der Waals surface area contributed by atoms with E-state index in [1.165, 1.54) is 0 Å². The van der Waals surface area contributed by atoms with Crippen LogP contribution in [-0.4, -0.2) is 37.4 Å². The molecule has 0 spiro atoms. The minimum absolute atomic E-state index is 0.207. The number of rotatable bonds is 6. The third-order valence-corrected chi connectivity index (χ3v) is 3.67. The van der Waals surface area contributed by atoms with E-state index in [0.717, 1.165) is 11.3 Å². The molecule has 0 saturated heterocycles. The summed E-state index contributed by atoms with van der Waals surface area (Å²) >= 11 is 0. The van der Waals surface area contributed by atoms with Gasteiger partial charge in [0.2, 0.25) is 0 Å². The Morgan fingerprint density at radius 3 is 2.67 bits per heavy atom. The van der Waals surface area contributed by atoms with Crippen molar-refractivity contribution in [3.63, 3.8) is 0 Å². The third-order valence-electron chi connectivity index (χ3n) is 3.67. The van der Waals surface area contributed by atoms with E-state index in [-0.39, 0.29) is 12.1 Å². The normalized spacial score (nSPS) is 11.7. The fraction of sp³-hybridized carbons (Fsp3) is 0.412. The first-order valence-corrected chi connectivity index (χ1v) is 7.60. The maximum absolute atomic E-state index is 12.4. The summed E-state index contributed by atoms with van der Waals surface area (Å²) in [5.74, 6) is 2.08. The topological polar surface area (TPSA) is 76.8 Å². The molecule has 0 bridgehead atoms. The fourth-order valence-electron chi connectivity index (χ4n) is 2.36. The summed E-state index contributed by atoms with van der Waals surface area (Å²) in [6.07, 6.45) is 0. The number of aromatic nitrogens is 1. The van der Waals surface area contributed by atoms with Crippen LogP contribution in [0.15, 0.2) is 28.8 Å². The molecule has 2 amide bonds. The van der Waals surface area contributed by atoms with Crippen LogP contribution >= 0.6 is 0 Å². The van der Waals surface area contributed by atoms with Gasteiger partial charge in [0.1, 0.15) is 23.0 Å². The van der Waals surface area contributed by atoms with Gasteiger partial charge in [-0.25, -0.2) is 4.79 Å².